The highest BCUT2D eigenvalue weighted by atomic mass is 19.4. The average molecular weight is 397 g/mol. The summed E-state index contributed by atoms with van der Waals surface area (Å²) in [5.41, 5.74) is 2.24. The molecule has 2 aliphatic rings. The lowest BCUT2D eigenvalue weighted by Crippen LogP contribution is -2.49. The molecule has 2 heterocycles. The minimum Gasteiger partial charge on any atom is -0.328 e. The Kier molecular flexibility index (Phi) is 4.79. The fraction of sp³-hybridized carbons (Fsp3) is 0.273. The van der Waals surface area contributed by atoms with Crippen LogP contribution in [0.1, 0.15) is 30.0 Å². The summed E-state index contributed by atoms with van der Waals surface area (Å²) in [4.78, 5) is 15.2. The summed E-state index contributed by atoms with van der Waals surface area (Å²) in [7, 11) is 0. The lowest BCUT2D eigenvalue weighted by molar-refractivity contribution is -0.187. The number of alkyl halides is 3. The summed E-state index contributed by atoms with van der Waals surface area (Å²) in [5, 5.41) is 9.61. The maximum atomic E-state index is 13.5. The van der Waals surface area contributed by atoms with E-state index < -0.39 is 24.2 Å². The second kappa shape index (κ2) is 7.28. The third kappa shape index (κ3) is 3.35. The van der Waals surface area contributed by atoms with Gasteiger partial charge in [0.2, 0.25) is 0 Å². The molecule has 0 saturated heterocycles. The topological polar surface area (TPSA) is 47.3 Å². The summed E-state index contributed by atoms with van der Waals surface area (Å²) in [6.45, 7) is -0.119. The number of carbonyl (C=O) groups is 1. The Morgan fingerprint density at radius 2 is 1.76 bits per heavy atom. The van der Waals surface area contributed by atoms with Crippen molar-refractivity contribution in [1.82, 2.24) is 4.90 Å². The largest absolute Gasteiger partial charge is 0.471 e. The van der Waals surface area contributed by atoms with Crippen LogP contribution in [0.2, 0.25) is 0 Å². The molecule has 0 saturated carbocycles. The second-order valence-corrected chi connectivity index (χ2v) is 7.13. The molecule has 29 heavy (non-hydrogen) atoms. The van der Waals surface area contributed by atoms with Crippen LogP contribution in [0.15, 0.2) is 66.4 Å². The predicted octanol–water partition coefficient (Wildman–Crippen LogP) is 4.56. The van der Waals surface area contributed by atoms with Crippen LogP contribution in [-0.4, -0.2) is 29.6 Å². The van der Waals surface area contributed by atoms with Gasteiger partial charge in [0.25, 0.3) is 0 Å². The van der Waals surface area contributed by atoms with Crippen molar-refractivity contribution in [2.24, 2.45) is 0 Å². The first-order valence-corrected chi connectivity index (χ1v) is 9.33. The van der Waals surface area contributed by atoms with Gasteiger partial charge < -0.3 is 9.80 Å². The second-order valence-electron chi connectivity index (χ2n) is 7.13. The van der Waals surface area contributed by atoms with Crippen LogP contribution < -0.4 is 4.90 Å². The highest BCUT2D eigenvalue weighted by Crippen LogP contribution is 2.43. The minimum atomic E-state index is -4.99. The molecule has 0 radical (unpaired) electrons. The van der Waals surface area contributed by atoms with Crippen molar-refractivity contribution in [2.75, 3.05) is 11.4 Å². The van der Waals surface area contributed by atoms with Crippen molar-refractivity contribution in [3.8, 4) is 6.07 Å². The lowest BCUT2D eigenvalue weighted by Gasteiger charge is -2.36. The first-order chi connectivity index (χ1) is 13.9. The Morgan fingerprint density at radius 1 is 1.07 bits per heavy atom. The van der Waals surface area contributed by atoms with Crippen LogP contribution in [0.4, 0.5) is 18.9 Å². The van der Waals surface area contributed by atoms with Gasteiger partial charge in [-0.25, -0.2) is 0 Å². The van der Waals surface area contributed by atoms with E-state index in [0.29, 0.717) is 35.4 Å². The van der Waals surface area contributed by atoms with Gasteiger partial charge in [-0.2, -0.15) is 18.4 Å². The van der Waals surface area contributed by atoms with E-state index >= 15 is 0 Å². The normalized spacial score (nSPS) is 21.4. The number of rotatable bonds is 1. The molecular formula is C22H18F3N3O. The number of allylic oxidation sites excluding steroid dienone is 2. The molecule has 2 aliphatic heterocycles. The number of fused-ring (bicyclic) bond motifs is 3. The molecular weight excluding hydrogens is 379 g/mol. The molecule has 4 rings (SSSR count). The Bertz CT molecular complexity index is 994. The smallest absolute Gasteiger partial charge is 0.328 e. The lowest BCUT2D eigenvalue weighted by atomic mass is 9.95. The number of nitriles is 1. The number of benzene rings is 2. The van der Waals surface area contributed by atoms with Crippen molar-refractivity contribution >= 4 is 11.6 Å². The first-order valence-electron chi connectivity index (χ1n) is 9.33. The maximum absolute atomic E-state index is 13.5. The molecule has 0 aromatic heterocycles. The van der Waals surface area contributed by atoms with Crippen molar-refractivity contribution in [3.63, 3.8) is 0 Å². The predicted molar refractivity (Wildman–Crippen MR) is 102 cm³/mol. The van der Waals surface area contributed by atoms with Gasteiger partial charge >= 0.3 is 12.1 Å². The zero-order valence-electron chi connectivity index (χ0n) is 15.4. The summed E-state index contributed by atoms with van der Waals surface area (Å²) in [6, 6.07) is 16.6. The van der Waals surface area contributed by atoms with Crippen LogP contribution in [0, 0.1) is 11.3 Å². The zero-order valence-corrected chi connectivity index (χ0v) is 15.4. The fourth-order valence-electron chi connectivity index (χ4n) is 4.23. The molecule has 2 atom stereocenters. The molecule has 0 bridgehead atoms. The molecule has 0 N–H and O–H groups in total. The Labute approximate surface area is 166 Å². The third-order valence-electron chi connectivity index (χ3n) is 5.41. The van der Waals surface area contributed by atoms with Crippen LogP contribution in [0.3, 0.4) is 0 Å². The van der Waals surface area contributed by atoms with Crippen molar-refractivity contribution in [3.05, 3.63) is 77.5 Å². The van der Waals surface area contributed by atoms with Gasteiger partial charge in [-0.05, 0) is 30.5 Å². The van der Waals surface area contributed by atoms with Gasteiger partial charge in [-0.1, -0.05) is 48.5 Å². The molecule has 2 aromatic rings. The number of hydrogen-bond donors (Lipinski definition) is 0. The number of hydrogen-bond acceptors (Lipinski definition) is 3. The highest BCUT2D eigenvalue weighted by Gasteiger charge is 2.48. The molecule has 0 aliphatic carbocycles. The fourth-order valence-corrected chi connectivity index (χ4v) is 4.23. The van der Waals surface area contributed by atoms with Gasteiger partial charge in [0, 0.05) is 17.8 Å². The number of halogens is 3. The number of nitrogens with zero attached hydrogens (tertiary/aromatic N) is 3. The van der Waals surface area contributed by atoms with E-state index in [0.717, 1.165) is 4.90 Å². The van der Waals surface area contributed by atoms with Crippen LogP contribution in [0.25, 0.3) is 0 Å². The molecule has 0 spiro atoms. The average Bonchev–Trinajstić information content (AvgIpc) is 2.87. The summed E-state index contributed by atoms with van der Waals surface area (Å²) < 4.78 is 40.6. The van der Waals surface area contributed by atoms with E-state index in [2.05, 4.69) is 6.07 Å². The van der Waals surface area contributed by atoms with Gasteiger partial charge in [-0.3, -0.25) is 4.79 Å². The van der Waals surface area contributed by atoms with E-state index in [-0.39, 0.29) is 6.54 Å². The van der Waals surface area contributed by atoms with Crippen molar-refractivity contribution in [2.45, 2.75) is 31.1 Å². The molecule has 1 amide bonds. The highest BCUT2D eigenvalue weighted by molar-refractivity contribution is 5.84. The standard InChI is InChI=1S/C22H18F3N3O/c23-22(24,25)21(29)27-14-17-10-6-9-16(13-26)28(17)19-12-5-4-11-18(19)20(27)15-7-2-1-3-8-15/h1-5,7-9,11-12,17,20H,6,10,14H2/t17-,20-/m1/s1. The molecule has 7 heteroatoms. The number of para-hydroxylation sites is 1. The van der Waals surface area contributed by atoms with Gasteiger partial charge in [-0.15, -0.1) is 0 Å². The van der Waals surface area contributed by atoms with Crippen LogP contribution >= 0.6 is 0 Å². The van der Waals surface area contributed by atoms with Gasteiger partial charge in [0.15, 0.2) is 0 Å². The van der Waals surface area contributed by atoms with E-state index in [1.54, 1.807) is 65.6 Å². The SMILES string of the molecule is N#CC1=CCC[C@@H]2CN(C(=O)C(F)(F)F)[C@H](c3ccccc3)c3ccccc3N12. The Morgan fingerprint density at radius 3 is 2.45 bits per heavy atom. The van der Waals surface area contributed by atoms with Crippen molar-refractivity contribution < 1.29 is 18.0 Å². The van der Waals surface area contributed by atoms with E-state index in [1.165, 1.54) is 0 Å². The zero-order chi connectivity index (χ0) is 20.6. The maximum Gasteiger partial charge on any atom is 0.471 e. The summed E-state index contributed by atoms with van der Waals surface area (Å²) in [5.74, 6) is -1.86. The van der Waals surface area contributed by atoms with Crippen LogP contribution in [-0.2, 0) is 4.79 Å². The quantitative estimate of drug-likeness (QED) is 0.709. The van der Waals surface area contributed by atoms with E-state index in [1.807, 2.05) is 0 Å². The number of amides is 1. The monoisotopic (exact) mass is 397 g/mol. The first kappa shape index (κ1) is 19.1. The third-order valence-corrected chi connectivity index (χ3v) is 5.41. The van der Waals surface area contributed by atoms with Gasteiger partial charge in [0.05, 0.1) is 12.1 Å². The molecule has 148 valence electrons. The van der Waals surface area contributed by atoms with Crippen LogP contribution in [0.5, 0.6) is 0 Å². The molecule has 0 fully saturated rings. The summed E-state index contributed by atoms with van der Waals surface area (Å²) >= 11 is 0. The number of carbonyl (C=O) groups excluding carboxylic acids is 1. The molecule has 0 unspecified atom stereocenters. The molecule has 2 aromatic carbocycles. The Balaban J connectivity index is 1.96. The van der Waals surface area contributed by atoms with Gasteiger partial charge in [0.1, 0.15) is 11.8 Å². The number of anilines is 1. The summed E-state index contributed by atoms with van der Waals surface area (Å²) in [6.07, 6.45) is -2.05. The molecule has 4 nitrogen and oxygen atoms in total. The van der Waals surface area contributed by atoms with E-state index in [4.69, 9.17) is 0 Å². The van der Waals surface area contributed by atoms with Crippen molar-refractivity contribution in [1.29, 1.82) is 5.26 Å². The Hall–Kier alpha value is -3.27. The van der Waals surface area contributed by atoms with E-state index in [9.17, 15) is 23.2 Å². The minimum absolute atomic E-state index is 0.119.